The minimum absolute atomic E-state index is 0.0386. The number of aryl methyl sites for hydroxylation is 1. The number of thioether (sulfide) groups is 1. The quantitative estimate of drug-likeness (QED) is 0.753. The fraction of sp³-hybridized carbons (Fsp3) is 0.100. The van der Waals surface area contributed by atoms with E-state index in [1.54, 1.807) is 30.3 Å². The standard InChI is InChI=1S/C20H16FNO4S/c1-11-6-7-15(23)12(8-11)9-16-18(24)17(20(25)26-2)19(27-16)22-14-5-3-4-13(21)10-14/h3-10,23-24H,1-2H3/b16-9+,22-19?. The van der Waals surface area contributed by atoms with E-state index >= 15 is 0 Å². The number of esters is 1. The van der Waals surface area contributed by atoms with E-state index in [0.717, 1.165) is 17.3 Å². The van der Waals surface area contributed by atoms with Crippen molar-refractivity contribution >= 4 is 34.5 Å². The number of ether oxygens (including phenoxy) is 1. The molecule has 0 radical (unpaired) electrons. The van der Waals surface area contributed by atoms with Gasteiger partial charge in [0.2, 0.25) is 0 Å². The maximum absolute atomic E-state index is 13.4. The van der Waals surface area contributed by atoms with E-state index in [4.69, 9.17) is 4.74 Å². The molecule has 138 valence electrons. The number of aromatic hydroxyl groups is 1. The minimum Gasteiger partial charge on any atom is -0.507 e. The van der Waals surface area contributed by atoms with E-state index in [2.05, 4.69) is 4.99 Å². The van der Waals surface area contributed by atoms with E-state index in [9.17, 15) is 19.4 Å². The molecule has 0 atom stereocenters. The molecule has 27 heavy (non-hydrogen) atoms. The first kappa shape index (κ1) is 18.7. The molecule has 1 aliphatic heterocycles. The van der Waals surface area contributed by atoms with Gasteiger partial charge in [0.1, 0.15) is 27.9 Å². The number of rotatable bonds is 3. The lowest BCUT2D eigenvalue weighted by Crippen LogP contribution is -2.10. The number of halogens is 1. The molecule has 2 aromatic rings. The number of aliphatic hydroxyl groups is 1. The molecule has 0 aliphatic carbocycles. The Morgan fingerprint density at radius 1 is 1.22 bits per heavy atom. The highest BCUT2D eigenvalue weighted by molar-refractivity contribution is 8.18. The van der Waals surface area contributed by atoms with Gasteiger partial charge in [-0.2, -0.15) is 0 Å². The second-order valence-electron chi connectivity index (χ2n) is 5.78. The van der Waals surface area contributed by atoms with Gasteiger partial charge < -0.3 is 14.9 Å². The zero-order chi connectivity index (χ0) is 19.6. The summed E-state index contributed by atoms with van der Waals surface area (Å²) in [5.41, 5.74) is 1.60. The van der Waals surface area contributed by atoms with Gasteiger partial charge in [0, 0.05) is 5.56 Å². The first-order chi connectivity index (χ1) is 12.9. The summed E-state index contributed by atoms with van der Waals surface area (Å²) in [6, 6.07) is 10.6. The highest BCUT2D eigenvalue weighted by Gasteiger charge is 2.33. The first-order valence-corrected chi connectivity index (χ1v) is 8.76. The van der Waals surface area contributed by atoms with Gasteiger partial charge in [0.15, 0.2) is 0 Å². The molecule has 2 aromatic carbocycles. The minimum atomic E-state index is -0.757. The topological polar surface area (TPSA) is 79.1 Å². The van der Waals surface area contributed by atoms with Gasteiger partial charge >= 0.3 is 5.97 Å². The van der Waals surface area contributed by atoms with Crippen molar-refractivity contribution in [3.8, 4) is 5.75 Å². The van der Waals surface area contributed by atoms with E-state index in [1.165, 1.54) is 25.3 Å². The molecule has 0 spiro atoms. The fourth-order valence-electron chi connectivity index (χ4n) is 2.48. The SMILES string of the molecule is COC(=O)C1=C(O)/C(=C\c2cc(C)ccc2O)SC1=Nc1cccc(F)c1. The third-order valence-electron chi connectivity index (χ3n) is 3.79. The van der Waals surface area contributed by atoms with Crippen LogP contribution in [0.2, 0.25) is 0 Å². The molecule has 0 amide bonds. The summed E-state index contributed by atoms with van der Waals surface area (Å²) in [5, 5.41) is 20.7. The van der Waals surface area contributed by atoms with Crippen LogP contribution >= 0.6 is 11.8 Å². The van der Waals surface area contributed by atoms with Gasteiger partial charge in [-0.15, -0.1) is 0 Å². The zero-order valence-electron chi connectivity index (χ0n) is 14.6. The Hall–Kier alpha value is -3.06. The number of nitrogens with zero attached hydrogens (tertiary/aromatic N) is 1. The molecule has 5 nitrogen and oxygen atoms in total. The Kier molecular flexibility index (Phi) is 5.32. The maximum Gasteiger partial charge on any atom is 0.344 e. The molecular weight excluding hydrogens is 369 g/mol. The fourth-order valence-corrected chi connectivity index (χ4v) is 3.51. The van der Waals surface area contributed by atoms with Crippen molar-refractivity contribution in [3.05, 3.63) is 75.6 Å². The van der Waals surface area contributed by atoms with Gasteiger partial charge in [-0.25, -0.2) is 14.2 Å². The Balaban J connectivity index is 2.09. The highest BCUT2D eigenvalue weighted by Crippen LogP contribution is 2.41. The molecular formula is C20H16FNO4S. The molecule has 0 unspecified atom stereocenters. The molecule has 0 aromatic heterocycles. The third-order valence-corrected chi connectivity index (χ3v) is 4.81. The molecule has 0 saturated carbocycles. The average Bonchev–Trinajstić information content (AvgIpc) is 2.93. The second kappa shape index (κ2) is 7.67. The number of hydrogen-bond acceptors (Lipinski definition) is 6. The largest absolute Gasteiger partial charge is 0.507 e. The Morgan fingerprint density at radius 2 is 2.00 bits per heavy atom. The molecule has 2 N–H and O–H groups in total. The van der Waals surface area contributed by atoms with Crippen LogP contribution in [0.4, 0.5) is 10.1 Å². The van der Waals surface area contributed by atoms with Crippen molar-refractivity contribution in [1.29, 1.82) is 0 Å². The molecule has 1 heterocycles. The van der Waals surface area contributed by atoms with Gasteiger partial charge in [-0.05, 0) is 43.3 Å². The molecule has 0 fully saturated rings. The lowest BCUT2D eigenvalue weighted by molar-refractivity contribution is -0.135. The van der Waals surface area contributed by atoms with Crippen LogP contribution in [0.15, 0.2) is 63.7 Å². The number of carbonyl (C=O) groups excluding carboxylic acids is 1. The van der Waals surface area contributed by atoms with Crippen molar-refractivity contribution in [1.82, 2.24) is 0 Å². The smallest absolute Gasteiger partial charge is 0.344 e. The Bertz CT molecular complexity index is 1010. The van der Waals surface area contributed by atoms with Gasteiger partial charge in [0.25, 0.3) is 0 Å². The van der Waals surface area contributed by atoms with Crippen molar-refractivity contribution in [2.45, 2.75) is 6.92 Å². The lowest BCUT2D eigenvalue weighted by atomic mass is 10.1. The van der Waals surface area contributed by atoms with Crippen molar-refractivity contribution in [3.63, 3.8) is 0 Å². The summed E-state index contributed by atoms with van der Waals surface area (Å²) in [5.74, 6) is -1.49. The van der Waals surface area contributed by atoms with Crippen LogP contribution in [0.1, 0.15) is 11.1 Å². The summed E-state index contributed by atoms with van der Waals surface area (Å²) in [6.45, 7) is 1.87. The lowest BCUT2D eigenvalue weighted by Gasteiger charge is -2.03. The number of aliphatic imine (C=N–C) groups is 1. The number of carbonyl (C=O) groups is 1. The molecule has 3 rings (SSSR count). The summed E-state index contributed by atoms with van der Waals surface area (Å²) in [4.78, 5) is 16.7. The summed E-state index contributed by atoms with van der Waals surface area (Å²) < 4.78 is 18.2. The van der Waals surface area contributed by atoms with Crippen LogP contribution < -0.4 is 0 Å². The third kappa shape index (κ3) is 4.03. The van der Waals surface area contributed by atoms with E-state index in [1.807, 2.05) is 6.92 Å². The molecule has 1 aliphatic rings. The van der Waals surface area contributed by atoms with Crippen molar-refractivity contribution in [2.24, 2.45) is 4.99 Å². The van der Waals surface area contributed by atoms with Crippen LogP contribution in [0.3, 0.4) is 0 Å². The first-order valence-electron chi connectivity index (χ1n) is 7.94. The van der Waals surface area contributed by atoms with Gasteiger partial charge in [-0.3, -0.25) is 0 Å². The maximum atomic E-state index is 13.4. The molecule has 7 heteroatoms. The molecule has 0 bridgehead atoms. The Morgan fingerprint density at radius 3 is 2.70 bits per heavy atom. The summed E-state index contributed by atoms with van der Waals surface area (Å²) in [7, 11) is 1.20. The number of methoxy groups -OCH3 is 1. The monoisotopic (exact) mass is 385 g/mol. The van der Waals surface area contributed by atoms with Crippen LogP contribution in [0.25, 0.3) is 6.08 Å². The van der Waals surface area contributed by atoms with Crippen molar-refractivity contribution < 1.29 is 24.1 Å². The number of phenolic OH excluding ortho intramolecular Hbond substituents is 1. The number of benzene rings is 2. The number of phenols is 1. The van der Waals surface area contributed by atoms with Crippen LogP contribution in [0, 0.1) is 12.7 Å². The average molecular weight is 385 g/mol. The summed E-state index contributed by atoms with van der Waals surface area (Å²) in [6.07, 6.45) is 1.55. The summed E-state index contributed by atoms with van der Waals surface area (Å²) >= 11 is 1.03. The van der Waals surface area contributed by atoms with Crippen LogP contribution in [-0.4, -0.2) is 28.3 Å². The predicted molar refractivity (Wildman–Crippen MR) is 104 cm³/mol. The van der Waals surface area contributed by atoms with Crippen molar-refractivity contribution in [2.75, 3.05) is 7.11 Å². The van der Waals surface area contributed by atoms with Crippen LogP contribution in [0.5, 0.6) is 5.75 Å². The molecule has 0 saturated heterocycles. The van der Waals surface area contributed by atoms with Gasteiger partial charge in [0.05, 0.1) is 17.7 Å². The van der Waals surface area contributed by atoms with E-state index < -0.39 is 11.8 Å². The normalized spacial score (nSPS) is 17.0. The van der Waals surface area contributed by atoms with E-state index in [0.29, 0.717) is 16.2 Å². The predicted octanol–water partition coefficient (Wildman–Crippen LogP) is 4.64. The van der Waals surface area contributed by atoms with Crippen LogP contribution in [-0.2, 0) is 9.53 Å². The Labute approximate surface area is 159 Å². The number of hydrogen-bond donors (Lipinski definition) is 2. The second-order valence-corrected chi connectivity index (χ2v) is 6.82. The van der Waals surface area contributed by atoms with Gasteiger partial charge in [-0.1, -0.05) is 29.5 Å². The highest BCUT2D eigenvalue weighted by atomic mass is 32.2. The zero-order valence-corrected chi connectivity index (χ0v) is 15.4. The van der Waals surface area contributed by atoms with E-state index in [-0.39, 0.29) is 22.1 Å². The number of aliphatic hydroxyl groups excluding tert-OH is 1.